The van der Waals surface area contributed by atoms with Crippen LogP contribution in [-0.4, -0.2) is 11.1 Å². The molecular weight excluding hydrogens is 224 g/mol. The minimum atomic E-state index is 0.0951. The highest BCUT2D eigenvalue weighted by Crippen LogP contribution is 2.22. The van der Waals surface area contributed by atoms with Crippen molar-refractivity contribution in [2.45, 2.75) is 13.0 Å². The average molecular weight is 236 g/mol. The fraction of sp³-hybridized carbons (Fsp3) is 0.200. The van der Waals surface area contributed by atoms with Gasteiger partial charge in [0.2, 0.25) is 0 Å². The molecule has 1 aliphatic rings. The van der Waals surface area contributed by atoms with Crippen LogP contribution in [0.3, 0.4) is 0 Å². The Morgan fingerprint density at radius 3 is 2.67 bits per heavy atom. The average Bonchev–Trinajstić information content (AvgIpc) is 2.44. The summed E-state index contributed by atoms with van der Waals surface area (Å²) < 4.78 is 1.82. The Morgan fingerprint density at radius 1 is 1.06 bits per heavy atom. The molecule has 0 amide bonds. The molecule has 0 saturated heterocycles. The topological polar surface area (TPSA) is 34.4 Å². The third kappa shape index (κ3) is 1.13. The van der Waals surface area contributed by atoms with E-state index in [2.05, 4.69) is 23.2 Å². The minimum Gasteiger partial charge on any atom is -0.292 e. The molecule has 2 heterocycles. The van der Waals surface area contributed by atoms with Crippen molar-refractivity contribution in [1.29, 1.82) is 0 Å². The van der Waals surface area contributed by atoms with Gasteiger partial charge in [-0.05, 0) is 17.9 Å². The maximum absolute atomic E-state index is 12.5. The summed E-state index contributed by atoms with van der Waals surface area (Å²) in [6.07, 6.45) is 0.952. The van der Waals surface area contributed by atoms with Crippen molar-refractivity contribution < 1.29 is 0 Å². The Labute approximate surface area is 103 Å². The maximum atomic E-state index is 12.5. The molecule has 0 aliphatic carbocycles. The largest absolute Gasteiger partial charge is 0.292 e. The second kappa shape index (κ2) is 3.42. The summed E-state index contributed by atoms with van der Waals surface area (Å²) in [5, 5.41) is 4.08. The van der Waals surface area contributed by atoms with Gasteiger partial charge in [-0.25, -0.2) is 0 Å². The molecular formula is C15H12N2O. The third-order valence-corrected chi connectivity index (χ3v) is 3.68. The lowest BCUT2D eigenvalue weighted by Gasteiger charge is -2.15. The molecule has 0 spiro atoms. The van der Waals surface area contributed by atoms with Gasteiger partial charge in [0.25, 0.3) is 5.56 Å². The summed E-state index contributed by atoms with van der Waals surface area (Å²) in [5.41, 5.74) is 0.952. The van der Waals surface area contributed by atoms with Gasteiger partial charge in [-0.2, -0.15) is 0 Å². The molecule has 0 fully saturated rings. The van der Waals surface area contributed by atoms with Gasteiger partial charge >= 0.3 is 0 Å². The molecule has 0 N–H and O–H groups in total. The van der Waals surface area contributed by atoms with Crippen LogP contribution in [0.25, 0.3) is 21.5 Å². The summed E-state index contributed by atoms with van der Waals surface area (Å²) in [5.74, 6) is 0. The smallest absolute Gasteiger partial charge is 0.260 e. The molecule has 0 bridgehead atoms. The molecule has 3 aromatic rings. The van der Waals surface area contributed by atoms with E-state index < -0.39 is 0 Å². The first-order valence-corrected chi connectivity index (χ1v) is 6.25. The third-order valence-electron chi connectivity index (χ3n) is 3.68. The fourth-order valence-electron chi connectivity index (χ4n) is 2.88. The molecule has 0 unspecified atom stereocenters. The van der Waals surface area contributed by atoms with Gasteiger partial charge in [0.05, 0.1) is 0 Å². The summed E-state index contributed by atoms with van der Waals surface area (Å²) in [6, 6.07) is 12.1. The summed E-state index contributed by atoms with van der Waals surface area (Å²) in [6.45, 7) is 1.60. The normalized spacial score (nSPS) is 14.7. The van der Waals surface area contributed by atoms with E-state index in [4.69, 9.17) is 0 Å². The molecule has 0 atom stereocenters. The Kier molecular flexibility index (Phi) is 1.87. The maximum Gasteiger partial charge on any atom is 0.260 e. The van der Waals surface area contributed by atoms with Crippen LogP contribution in [0, 0.1) is 0 Å². The van der Waals surface area contributed by atoms with Gasteiger partial charge in [-0.15, -0.1) is 0 Å². The highest BCUT2D eigenvalue weighted by atomic mass is 16.1. The van der Waals surface area contributed by atoms with Crippen LogP contribution in [0.2, 0.25) is 0 Å². The van der Waals surface area contributed by atoms with Crippen LogP contribution >= 0.6 is 0 Å². The predicted molar refractivity (Wildman–Crippen MR) is 71.9 cm³/mol. The van der Waals surface area contributed by atoms with Crippen LogP contribution in [0.4, 0.5) is 0 Å². The quantitative estimate of drug-likeness (QED) is 0.587. The zero-order chi connectivity index (χ0) is 12.1. The number of rotatable bonds is 0. The van der Waals surface area contributed by atoms with Gasteiger partial charge < -0.3 is 0 Å². The molecule has 1 aliphatic heterocycles. The molecule has 3 nitrogen and oxygen atoms in total. The van der Waals surface area contributed by atoms with E-state index in [1.165, 1.54) is 0 Å². The Morgan fingerprint density at radius 2 is 1.83 bits per heavy atom. The molecule has 4 rings (SSSR count). The predicted octanol–water partition coefficient (Wildman–Crippen LogP) is 1.90. The van der Waals surface area contributed by atoms with E-state index in [-0.39, 0.29) is 5.56 Å². The number of hydrogen-bond donors (Lipinski definition) is 0. The van der Waals surface area contributed by atoms with Crippen molar-refractivity contribution in [2.24, 2.45) is 4.99 Å². The van der Waals surface area contributed by atoms with E-state index >= 15 is 0 Å². The SMILES string of the molecule is O=c1c2cccc3cccc(c4n1CCCN=4)c32. The first-order valence-electron chi connectivity index (χ1n) is 6.25. The van der Waals surface area contributed by atoms with Crippen LogP contribution in [-0.2, 0) is 6.54 Å². The van der Waals surface area contributed by atoms with Crippen LogP contribution in [0.5, 0.6) is 0 Å². The zero-order valence-electron chi connectivity index (χ0n) is 9.89. The Bertz CT molecular complexity index is 872. The highest BCUT2D eigenvalue weighted by molar-refractivity contribution is 6.09. The van der Waals surface area contributed by atoms with E-state index in [1.807, 2.05) is 22.8 Å². The highest BCUT2D eigenvalue weighted by Gasteiger charge is 2.13. The van der Waals surface area contributed by atoms with Crippen molar-refractivity contribution in [1.82, 2.24) is 4.57 Å². The van der Waals surface area contributed by atoms with Crippen molar-refractivity contribution in [2.75, 3.05) is 6.54 Å². The van der Waals surface area contributed by atoms with Crippen molar-refractivity contribution in [3.63, 3.8) is 0 Å². The monoisotopic (exact) mass is 236 g/mol. The van der Waals surface area contributed by atoms with Gasteiger partial charge in [0.15, 0.2) is 0 Å². The number of benzene rings is 2. The van der Waals surface area contributed by atoms with Crippen LogP contribution < -0.4 is 11.0 Å². The van der Waals surface area contributed by atoms with Gasteiger partial charge in [-0.1, -0.05) is 30.3 Å². The van der Waals surface area contributed by atoms with Gasteiger partial charge in [0.1, 0.15) is 5.49 Å². The summed E-state index contributed by atoms with van der Waals surface area (Å²) >= 11 is 0. The standard InChI is InChI=1S/C15H12N2O/c18-15-12-7-2-5-10-4-1-6-11(13(10)12)14-16-8-3-9-17(14)15/h1-2,4-7H,3,8-9H2. The van der Waals surface area contributed by atoms with E-state index in [9.17, 15) is 4.79 Å². The van der Waals surface area contributed by atoms with E-state index in [0.29, 0.717) is 0 Å². The summed E-state index contributed by atoms with van der Waals surface area (Å²) in [7, 11) is 0. The second-order valence-electron chi connectivity index (χ2n) is 4.72. The number of nitrogens with zero attached hydrogens (tertiary/aromatic N) is 2. The number of pyridine rings is 1. The van der Waals surface area contributed by atoms with Gasteiger partial charge in [-0.3, -0.25) is 14.4 Å². The van der Waals surface area contributed by atoms with Crippen LogP contribution in [0.1, 0.15) is 6.42 Å². The van der Waals surface area contributed by atoms with Crippen molar-refractivity contribution >= 4 is 21.5 Å². The first-order chi connectivity index (χ1) is 8.86. The lowest BCUT2D eigenvalue weighted by Crippen LogP contribution is -2.37. The molecule has 1 aromatic heterocycles. The Hall–Kier alpha value is -2.16. The van der Waals surface area contributed by atoms with Crippen molar-refractivity contribution in [3.8, 4) is 0 Å². The molecule has 18 heavy (non-hydrogen) atoms. The van der Waals surface area contributed by atoms with Crippen LogP contribution in [0.15, 0.2) is 46.2 Å². The first kappa shape index (κ1) is 9.83. The lowest BCUT2D eigenvalue weighted by molar-refractivity contribution is 0.565. The fourth-order valence-corrected chi connectivity index (χ4v) is 2.88. The second-order valence-corrected chi connectivity index (χ2v) is 4.72. The molecule has 0 saturated carbocycles. The van der Waals surface area contributed by atoms with E-state index in [0.717, 1.165) is 46.5 Å². The zero-order valence-corrected chi connectivity index (χ0v) is 9.89. The molecule has 2 aromatic carbocycles. The van der Waals surface area contributed by atoms with Gasteiger partial charge in [0, 0.05) is 29.2 Å². The van der Waals surface area contributed by atoms with Crippen molar-refractivity contribution in [3.05, 3.63) is 52.2 Å². The Balaban J connectivity index is 2.43. The minimum absolute atomic E-state index is 0.0951. The number of hydrogen-bond acceptors (Lipinski definition) is 2. The molecule has 3 heteroatoms. The molecule has 0 radical (unpaired) electrons. The number of aromatic nitrogens is 1. The molecule has 88 valence electrons. The number of fused-ring (bicyclic) bond motifs is 2. The lowest BCUT2D eigenvalue weighted by atomic mass is 10.0. The summed E-state index contributed by atoms with van der Waals surface area (Å²) in [4.78, 5) is 17.0. The van der Waals surface area contributed by atoms with E-state index in [1.54, 1.807) is 0 Å².